The van der Waals surface area contributed by atoms with Crippen LogP contribution in [0.4, 0.5) is 0 Å². The van der Waals surface area contributed by atoms with Gasteiger partial charge in [0.15, 0.2) is 23.3 Å². The predicted octanol–water partition coefficient (Wildman–Crippen LogP) is 10.5. The molecule has 2 bridgehead atoms. The van der Waals surface area contributed by atoms with Gasteiger partial charge >= 0.3 is 0 Å². The van der Waals surface area contributed by atoms with Gasteiger partial charge in [0.25, 0.3) is 0 Å². The minimum atomic E-state index is 0.338. The summed E-state index contributed by atoms with van der Waals surface area (Å²) in [6, 6.07) is 50.0. The summed E-state index contributed by atoms with van der Waals surface area (Å²) in [7, 11) is 0. The zero-order chi connectivity index (χ0) is 32.6. The minimum Gasteiger partial charge on any atom is -0.228 e. The Labute approximate surface area is 286 Å². The SMILES string of the molecule is c1ccc(-c2nc(-c3ccc(-c4nc(-c5ccccc5)nc(-c5ccccc5)n4)cc3)cc(-c3cccc(C45CCC(CC4)C5)c3)n2)cc1. The lowest BCUT2D eigenvalue weighted by molar-refractivity contribution is 0.419. The lowest BCUT2D eigenvalue weighted by Crippen LogP contribution is -2.19. The first kappa shape index (κ1) is 29.3. The fourth-order valence-corrected chi connectivity index (χ4v) is 7.79. The molecule has 236 valence electrons. The molecular weight excluding hydrogens is 599 g/mol. The number of aromatic nitrogens is 5. The third kappa shape index (κ3) is 5.72. The van der Waals surface area contributed by atoms with Crippen LogP contribution < -0.4 is 0 Å². The summed E-state index contributed by atoms with van der Waals surface area (Å²) in [4.78, 5) is 24.9. The number of rotatable bonds is 7. The second-order valence-corrected chi connectivity index (χ2v) is 13.5. The van der Waals surface area contributed by atoms with Gasteiger partial charge in [-0.15, -0.1) is 0 Å². The summed E-state index contributed by atoms with van der Waals surface area (Å²) in [5.74, 6) is 3.54. The van der Waals surface area contributed by atoms with Gasteiger partial charge in [-0.05, 0) is 61.1 Å². The van der Waals surface area contributed by atoms with E-state index in [2.05, 4.69) is 66.7 Å². The number of hydrogen-bond acceptors (Lipinski definition) is 5. The summed E-state index contributed by atoms with van der Waals surface area (Å²) < 4.78 is 0. The van der Waals surface area contributed by atoms with Crippen LogP contribution in [0.5, 0.6) is 0 Å². The lowest BCUT2D eigenvalue weighted by atomic mass is 9.77. The summed E-state index contributed by atoms with van der Waals surface area (Å²) in [5, 5.41) is 0. The monoisotopic (exact) mass is 633 g/mol. The topological polar surface area (TPSA) is 64.5 Å². The van der Waals surface area contributed by atoms with Crippen LogP contribution in [0.2, 0.25) is 0 Å². The Bertz CT molecular complexity index is 2180. The number of fused-ring (bicyclic) bond motifs is 2. The molecule has 5 nitrogen and oxygen atoms in total. The van der Waals surface area contributed by atoms with Crippen molar-refractivity contribution in [2.75, 3.05) is 0 Å². The lowest BCUT2D eigenvalue weighted by Gasteiger charge is -2.27. The molecule has 9 rings (SSSR count). The van der Waals surface area contributed by atoms with Crippen molar-refractivity contribution in [2.45, 2.75) is 37.5 Å². The fourth-order valence-electron chi connectivity index (χ4n) is 7.79. The molecule has 0 radical (unpaired) electrons. The van der Waals surface area contributed by atoms with Crippen molar-refractivity contribution >= 4 is 0 Å². The van der Waals surface area contributed by atoms with E-state index < -0.39 is 0 Å². The van der Waals surface area contributed by atoms with Gasteiger partial charge < -0.3 is 0 Å². The molecule has 0 amide bonds. The van der Waals surface area contributed by atoms with Gasteiger partial charge in [-0.25, -0.2) is 24.9 Å². The molecule has 0 atom stereocenters. The Morgan fingerprint density at radius 2 is 0.816 bits per heavy atom. The molecule has 0 spiro atoms. The van der Waals surface area contributed by atoms with E-state index in [-0.39, 0.29) is 0 Å². The maximum Gasteiger partial charge on any atom is 0.164 e. The first-order valence-corrected chi connectivity index (χ1v) is 17.2. The normalized spacial score (nSPS) is 18.1. The van der Waals surface area contributed by atoms with Crippen molar-refractivity contribution in [1.29, 1.82) is 0 Å². The Kier molecular flexibility index (Phi) is 7.38. The zero-order valence-electron chi connectivity index (χ0n) is 27.2. The smallest absolute Gasteiger partial charge is 0.164 e. The molecule has 5 aromatic carbocycles. The Balaban J connectivity index is 1.11. The van der Waals surface area contributed by atoms with Crippen LogP contribution in [-0.4, -0.2) is 24.9 Å². The standard InChI is InChI=1S/C44H35N5/c1-4-11-32(12-5-1)40-45-38(28-39(46-40)36-17-10-18-37(27-36)44-25-23-30(29-44)24-26-44)31-19-21-35(22-20-31)43-48-41(33-13-6-2-7-14-33)47-42(49-43)34-15-8-3-9-16-34/h1-22,27-28,30H,23-26,29H2. The Morgan fingerprint density at radius 1 is 0.388 bits per heavy atom. The Morgan fingerprint density at radius 3 is 1.31 bits per heavy atom. The molecule has 5 heteroatoms. The van der Waals surface area contributed by atoms with Gasteiger partial charge in [0.05, 0.1) is 11.4 Å². The number of nitrogens with zero attached hydrogens (tertiary/aromatic N) is 5. The molecule has 0 saturated heterocycles. The van der Waals surface area contributed by atoms with Crippen molar-refractivity contribution in [1.82, 2.24) is 24.9 Å². The van der Waals surface area contributed by atoms with Gasteiger partial charge in [0.2, 0.25) is 0 Å². The highest BCUT2D eigenvalue weighted by molar-refractivity contribution is 5.74. The molecule has 2 aliphatic carbocycles. The molecule has 49 heavy (non-hydrogen) atoms. The van der Waals surface area contributed by atoms with Gasteiger partial charge in [0, 0.05) is 33.4 Å². The summed E-state index contributed by atoms with van der Waals surface area (Å²) in [6.07, 6.45) is 6.66. The molecule has 2 aliphatic rings. The average molecular weight is 634 g/mol. The maximum absolute atomic E-state index is 5.13. The highest BCUT2D eigenvalue weighted by atomic mass is 15.0. The van der Waals surface area contributed by atoms with Crippen molar-refractivity contribution in [3.63, 3.8) is 0 Å². The predicted molar refractivity (Wildman–Crippen MR) is 196 cm³/mol. The summed E-state index contributed by atoms with van der Waals surface area (Å²) >= 11 is 0. The van der Waals surface area contributed by atoms with Gasteiger partial charge in [0.1, 0.15) is 0 Å². The molecule has 0 unspecified atom stereocenters. The summed E-state index contributed by atoms with van der Waals surface area (Å²) in [5.41, 5.74) is 9.60. The largest absolute Gasteiger partial charge is 0.228 e. The molecule has 0 aliphatic heterocycles. The number of hydrogen-bond donors (Lipinski definition) is 0. The van der Waals surface area contributed by atoms with Crippen molar-refractivity contribution in [2.24, 2.45) is 5.92 Å². The zero-order valence-corrected chi connectivity index (χ0v) is 27.2. The van der Waals surface area contributed by atoms with E-state index in [4.69, 9.17) is 24.9 Å². The Hall–Kier alpha value is -5.81. The van der Waals surface area contributed by atoms with Gasteiger partial charge in [-0.3, -0.25) is 0 Å². The van der Waals surface area contributed by atoms with Crippen LogP contribution in [0.25, 0.3) is 68.1 Å². The van der Waals surface area contributed by atoms with E-state index in [1.807, 2.05) is 78.9 Å². The van der Waals surface area contributed by atoms with Crippen LogP contribution in [0.15, 0.2) is 146 Å². The molecule has 2 aromatic heterocycles. The maximum atomic E-state index is 5.13. The van der Waals surface area contributed by atoms with E-state index in [1.165, 1.54) is 37.7 Å². The minimum absolute atomic E-state index is 0.338. The van der Waals surface area contributed by atoms with E-state index >= 15 is 0 Å². The first-order chi connectivity index (χ1) is 24.2. The second-order valence-electron chi connectivity index (χ2n) is 13.5. The third-order valence-electron chi connectivity index (χ3n) is 10.4. The van der Waals surface area contributed by atoms with Gasteiger partial charge in [-0.2, -0.15) is 0 Å². The molecule has 7 aromatic rings. The van der Waals surface area contributed by atoms with Crippen LogP contribution >= 0.6 is 0 Å². The van der Waals surface area contributed by atoms with Crippen LogP contribution in [0.1, 0.15) is 37.7 Å². The number of benzene rings is 5. The van der Waals surface area contributed by atoms with Crippen LogP contribution in [-0.2, 0) is 5.41 Å². The van der Waals surface area contributed by atoms with E-state index in [1.54, 1.807) is 0 Å². The molecular formula is C44H35N5. The van der Waals surface area contributed by atoms with Crippen molar-refractivity contribution < 1.29 is 0 Å². The van der Waals surface area contributed by atoms with Crippen molar-refractivity contribution in [3.05, 3.63) is 151 Å². The molecule has 2 heterocycles. The molecule has 2 saturated carbocycles. The average Bonchev–Trinajstić information content (AvgIpc) is 3.82. The molecule has 0 N–H and O–H groups in total. The summed E-state index contributed by atoms with van der Waals surface area (Å²) in [6.45, 7) is 0. The van der Waals surface area contributed by atoms with Gasteiger partial charge in [-0.1, -0.05) is 133 Å². The first-order valence-electron chi connectivity index (χ1n) is 17.2. The van der Waals surface area contributed by atoms with E-state index in [0.717, 1.165) is 56.5 Å². The van der Waals surface area contributed by atoms with Crippen molar-refractivity contribution in [3.8, 4) is 68.1 Å². The van der Waals surface area contributed by atoms with E-state index in [0.29, 0.717) is 22.9 Å². The third-order valence-corrected chi connectivity index (χ3v) is 10.4. The quantitative estimate of drug-likeness (QED) is 0.175. The molecule has 2 fully saturated rings. The van der Waals surface area contributed by atoms with Crippen LogP contribution in [0, 0.1) is 5.92 Å². The highest BCUT2D eigenvalue weighted by Gasteiger charge is 2.45. The fraction of sp³-hybridized carbons (Fsp3) is 0.159. The van der Waals surface area contributed by atoms with Crippen LogP contribution in [0.3, 0.4) is 0 Å². The highest BCUT2D eigenvalue weighted by Crippen LogP contribution is 2.55. The second kappa shape index (κ2) is 12.3. The van der Waals surface area contributed by atoms with E-state index in [9.17, 15) is 0 Å².